The number of nitrogens with zero attached hydrogens (tertiary/aromatic N) is 1. The Morgan fingerprint density at radius 1 is 1.40 bits per heavy atom. The van der Waals surface area contributed by atoms with Crippen molar-refractivity contribution in [3.8, 4) is 0 Å². The number of hydrogen-bond donors (Lipinski definition) is 1. The lowest BCUT2D eigenvalue weighted by Gasteiger charge is -2.25. The molecule has 20 heavy (non-hydrogen) atoms. The molecule has 1 aliphatic heterocycles. The Labute approximate surface area is 119 Å². The maximum atomic E-state index is 5.85. The zero-order valence-electron chi connectivity index (χ0n) is 12.1. The molecule has 0 radical (unpaired) electrons. The summed E-state index contributed by atoms with van der Waals surface area (Å²) in [5.41, 5.74) is 1.81. The van der Waals surface area contributed by atoms with Crippen LogP contribution in [0.5, 0.6) is 0 Å². The molecule has 3 unspecified atom stereocenters. The van der Waals surface area contributed by atoms with Crippen molar-refractivity contribution < 1.29 is 9.15 Å². The molecule has 3 rings (SSSR count). The Balaban J connectivity index is 1.78. The number of para-hydroxylation sites is 2. The molecule has 4 nitrogen and oxygen atoms in total. The topological polar surface area (TPSA) is 47.3 Å². The van der Waals surface area contributed by atoms with E-state index in [0.717, 1.165) is 43.0 Å². The molecule has 2 heterocycles. The predicted octanol–water partition coefficient (Wildman–Crippen LogP) is 2.77. The normalized spacial score (nSPS) is 24.3. The van der Waals surface area contributed by atoms with Crippen LogP contribution in [0.2, 0.25) is 0 Å². The Bertz CT molecular complexity index is 533. The molecular formula is C16H22N2O2. The molecule has 0 spiro atoms. The van der Waals surface area contributed by atoms with Crippen LogP contribution in [0.3, 0.4) is 0 Å². The number of hydrogen-bond acceptors (Lipinski definition) is 4. The van der Waals surface area contributed by atoms with Crippen LogP contribution < -0.4 is 5.32 Å². The second-order valence-corrected chi connectivity index (χ2v) is 5.47. The molecule has 0 saturated carbocycles. The Hall–Kier alpha value is -1.39. The van der Waals surface area contributed by atoms with E-state index >= 15 is 0 Å². The quantitative estimate of drug-likeness (QED) is 0.910. The number of aromatic nitrogens is 1. The highest BCUT2D eigenvalue weighted by molar-refractivity contribution is 5.72. The van der Waals surface area contributed by atoms with Crippen LogP contribution in [0, 0.1) is 5.92 Å². The first-order valence-corrected chi connectivity index (χ1v) is 7.47. The molecule has 1 fully saturated rings. The fraction of sp³-hybridized carbons (Fsp3) is 0.562. The summed E-state index contributed by atoms with van der Waals surface area (Å²) in [6, 6.07) is 8.29. The maximum Gasteiger partial charge on any atom is 0.197 e. The number of ether oxygens (including phenoxy) is 1. The fourth-order valence-corrected chi connectivity index (χ4v) is 3.11. The van der Waals surface area contributed by atoms with Crippen LogP contribution in [0.1, 0.15) is 26.2 Å². The molecule has 4 heteroatoms. The molecule has 0 bridgehead atoms. The lowest BCUT2D eigenvalue weighted by atomic mass is 9.91. The van der Waals surface area contributed by atoms with Crippen molar-refractivity contribution in [3.05, 3.63) is 30.2 Å². The fourth-order valence-electron chi connectivity index (χ4n) is 3.11. The minimum atomic E-state index is 0.309. The summed E-state index contributed by atoms with van der Waals surface area (Å²) >= 11 is 0. The third-order valence-corrected chi connectivity index (χ3v) is 4.15. The van der Waals surface area contributed by atoms with Crippen molar-refractivity contribution >= 4 is 11.1 Å². The SMILES string of the molecule is CCNC(Cc1nc2ccccc2o1)C1CCOC1C. The summed E-state index contributed by atoms with van der Waals surface area (Å²) < 4.78 is 11.5. The van der Waals surface area contributed by atoms with Crippen LogP contribution in [0.15, 0.2) is 28.7 Å². The van der Waals surface area contributed by atoms with E-state index in [2.05, 4.69) is 24.1 Å². The second kappa shape index (κ2) is 5.94. The Kier molecular flexibility index (Phi) is 4.03. The van der Waals surface area contributed by atoms with Gasteiger partial charge in [0.15, 0.2) is 11.5 Å². The first-order valence-electron chi connectivity index (χ1n) is 7.47. The van der Waals surface area contributed by atoms with Crippen molar-refractivity contribution in [2.75, 3.05) is 13.2 Å². The summed E-state index contributed by atoms with van der Waals surface area (Å²) in [4.78, 5) is 4.58. The van der Waals surface area contributed by atoms with Crippen LogP contribution in [-0.4, -0.2) is 30.3 Å². The van der Waals surface area contributed by atoms with Gasteiger partial charge in [-0.25, -0.2) is 4.98 Å². The van der Waals surface area contributed by atoms with Gasteiger partial charge in [-0.05, 0) is 32.0 Å². The van der Waals surface area contributed by atoms with E-state index in [1.54, 1.807) is 0 Å². The summed E-state index contributed by atoms with van der Waals surface area (Å²) in [7, 11) is 0. The van der Waals surface area contributed by atoms with Crippen molar-refractivity contribution in [1.82, 2.24) is 10.3 Å². The van der Waals surface area contributed by atoms with Crippen molar-refractivity contribution in [2.45, 2.75) is 38.8 Å². The maximum absolute atomic E-state index is 5.85. The van der Waals surface area contributed by atoms with Gasteiger partial charge in [0.05, 0.1) is 6.10 Å². The molecular weight excluding hydrogens is 252 g/mol. The molecule has 1 aromatic carbocycles. The highest BCUT2D eigenvalue weighted by atomic mass is 16.5. The number of likely N-dealkylation sites (N-methyl/N-ethyl adjacent to an activating group) is 1. The molecule has 2 aromatic rings. The van der Waals surface area contributed by atoms with E-state index in [1.165, 1.54) is 0 Å². The van der Waals surface area contributed by atoms with Gasteiger partial charge in [-0.2, -0.15) is 0 Å². The van der Waals surface area contributed by atoms with E-state index in [4.69, 9.17) is 9.15 Å². The van der Waals surface area contributed by atoms with Gasteiger partial charge >= 0.3 is 0 Å². The minimum Gasteiger partial charge on any atom is -0.441 e. The molecule has 1 N–H and O–H groups in total. The van der Waals surface area contributed by atoms with E-state index < -0.39 is 0 Å². The monoisotopic (exact) mass is 274 g/mol. The van der Waals surface area contributed by atoms with Gasteiger partial charge in [-0.15, -0.1) is 0 Å². The molecule has 1 aliphatic rings. The average molecular weight is 274 g/mol. The zero-order valence-corrected chi connectivity index (χ0v) is 12.1. The van der Waals surface area contributed by atoms with Gasteiger partial charge in [-0.1, -0.05) is 19.1 Å². The number of nitrogens with one attached hydrogen (secondary N) is 1. The van der Waals surface area contributed by atoms with E-state index in [9.17, 15) is 0 Å². The number of oxazole rings is 1. The molecule has 108 valence electrons. The van der Waals surface area contributed by atoms with Crippen molar-refractivity contribution in [1.29, 1.82) is 0 Å². The Morgan fingerprint density at radius 2 is 2.25 bits per heavy atom. The summed E-state index contributed by atoms with van der Waals surface area (Å²) in [5, 5.41) is 3.57. The lowest BCUT2D eigenvalue weighted by Crippen LogP contribution is -2.40. The van der Waals surface area contributed by atoms with Gasteiger partial charge in [0.25, 0.3) is 0 Å². The zero-order chi connectivity index (χ0) is 13.9. The standard InChI is InChI=1S/C16H22N2O2/c1-3-17-14(12-8-9-19-11(12)2)10-16-18-13-6-4-5-7-15(13)20-16/h4-7,11-12,14,17H,3,8-10H2,1-2H3. The van der Waals surface area contributed by atoms with Crippen LogP contribution in [-0.2, 0) is 11.2 Å². The Morgan fingerprint density at radius 3 is 2.95 bits per heavy atom. The summed E-state index contributed by atoms with van der Waals surface area (Å²) in [5.74, 6) is 1.35. The van der Waals surface area contributed by atoms with E-state index in [-0.39, 0.29) is 0 Å². The molecule has 3 atom stereocenters. The molecule has 1 aromatic heterocycles. The van der Waals surface area contributed by atoms with E-state index in [0.29, 0.717) is 18.1 Å². The highest BCUT2D eigenvalue weighted by Gasteiger charge is 2.32. The van der Waals surface area contributed by atoms with Crippen LogP contribution >= 0.6 is 0 Å². The van der Waals surface area contributed by atoms with Gasteiger partial charge in [0.2, 0.25) is 0 Å². The first-order chi connectivity index (χ1) is 9.78. The largest absolute Gasteiger partial charge is 0.441 e. The van der Waals surface area contributed by atoms with Crippen LogP contribution in [0.25, 0.3) is 11.1 Å². The number of rotatable bonds is 5. The first kappa shape index (κ1) is 13.6. The highest BCUT2D eigenvalue weighted by Crippen LogP contribution is 2.26. The second-order valence-electron chi connectivity index (χ2n) is 5.47. The minimum absolute atomic E-state index is 0.309. The average Bonchev–Trinajstić information content (AvgIpc) is 3.03. The number of benzene rings is 1. The third-order valence-electron chi connectivity index (χ3n) is 4.15. The molecule has 0 aliphatic carbocycles. The van der Waals surface area contributed by atoms with Crippen LogP contribution in [0.4, 0.5) is 0 Å². The lowest BCUT2D eigenvalue weighted by molar-refractivity contribution is 0.0948. The van der Waals surface area contributed by atoms with Gasteiger partial charge in [0, 0.05) is 25.0 Å². The third kappa shape index (κ3) is 2.72. The van der Waals surface area contributed by atoms with Gasteiger partial charge < -0.3 is 14.5 Å². The smallest absolute Gasteiger partial charge is 0.197 e. The molecule has 1 saturated heterocycles. The molecule has 0 amide bonds. The van der Waals surface area contributed by atoms with Crippen molar-refractivity contribution in [2.24, 2.45) is 5.92 Å². The summed E-state index contributed by atoms with van der Waals surface area (Å²) in [6.07, 6.45) is 2.24. The van der Waals surface area contributed by atoms with Gasteiger partial charge in [-0.3, -0.25) is 0 Å². The number of fused-ring (bicyclic) bond motifs is 1. The van der Waals surface area contributed by atoms with Crippen molar-refractivity contribution in [3.63, 3.8) is 0 Å². The van der Waals surface area contributed by atoms with E-state index in [1.807, 2.05) is 24.3 Å². The summed E-state index contributed by atoms with van der Waals surface area (Å²) in [6.45, 7) is 6.11. The van der Waals surface area contributed by atoms with Gasteiger partial charge in [0.1, 0.15) is 5.52 Å². The predicted molar refractivity (Wildman–Crippen MR) is 78.7 cm³/mol.